The molecule has 1 fully saturated rings. The second kappa shape index (κ2) is 5.76. The van der Waals surface area contributed by atoms with Gasteiger partial charge >= 0.3 is 5.97 Å². The predicted octanol–water partition coefficient (Wildman–Crippen LogP) is 1.70. The minimum absolute atomic E-state index is 0.0551. The minimum Gasteiger partial charge on any atom is -0.481 e. The second-order valence-corrected chi connectivity index (χ2v) is 6.00. The average Bonchev–Trinajstić information content (AvgIpc) is 2.29. The Kier molecular flexibility index (Phi) is 4.86. The Labute approximate surface area is 107 Å². The Hall–Kier alpha value is -0.710. The van der Waals surface area contributed by atoms with Crippen LogP contribution in [0, 0.1) is 11.3 Å². The van der Waals surface area contributed by atoms with Crippen LogP contribution in [-0.2, 0) is 9.59 Å². The van der Waals surface area contributed by atoms with Crippen LogP contribution in [0.25, 0.3) is 0 Å². The summed E-state index contributed by atoms with van der Waals surface area (Å²) in [6, 6.07) is 0. The van der Waals surface area contributed by atoms with Gasteiger partial charge in [0.15, 0.2) is 0 Å². The SMILES string of the molecule is CSCC(=O)N1CCCC(C(C)(C)C(=O)O)C1. The maximum absolute atomic E-state index is 11.8. The molecule has 1 aliphatic heterocycles. The van der Waals surface area contributed by atoms with Crippen LogP contribution in [-0.4, -0.2) is 47.0 Å². The molecule has 4 nitrogen and oxygen atoms in total. The Bertz CT molecular complexity index is 304. The molecule has 0 spiro atoms. The van der Waals surface area contributed by atoms with Gasteiger partial charge in [0.25, 0.3) is 0 Å². The van der Waals surface area contributed by atoms with Crippen LogP contribution in [0.5, 0.6) is 0 Å². The van der Waals surface area contributed by atoms with E-state index in [1.54, 1.807) is 13.8 Å². The van der Waals surface area contributed by atoms with E-state index in [0.717, 1.165) is 19.4 Å². The number of hydrogen-bond donors (Lipinski definition) is 1. The molecule has 0 radical (unpaired) electrons. The summed E-state index contributed by atoms with van der Waals surface area (Å²) in [5.41, 5.74) is -0.752. The Morgan fingerprint density at radius 3 is 2.65 bits per heavy atom. The number of hydrogen-bond acceptors (Lipinski definition) is 3. The van der Waals surface area contributed by atoms with Gasteiger partial charge in [0, 0.05) is 13.1 Å². The number of likely N-dealkylation sites (tertiary alicyclic amines) is 1. The van der Waals surface area contributed by atoms with Crippen molar-refractivity contribution in [2.24, 2.45) is 11.3 Å². The highest BCUT2D eigenvalue weighted by Gasteiger charge is 2.39. The van der Waals surface area contributed by atoms with Crippen molar-refractivity contribution in [3.63, 3.8) is 0 Å². The van der Waals surface area contributed by atoms with Crippen molar-refractivity contribution in [1.82, 2.24) is 4.90 Å². The number of thioether (sulfide) groups is 1. The van der Waals surface area contributed by atoms with Gasteiger partial charge in [-0.3, -0.25) is 9.59 Å². The van der Waals surface area contributed by atoms with Crippen LogP contribution >= 0.6 is 11.8 Å². The summed E-state index contributed by atoms with van der Waals surface area (Å²) >= 11 is 1.51. The standard InChI is InChI=1S/C12H21NO3S/c1-12(2,11(15)16)9-5-4-6-13(7-9)10(14)8-17-3/h9H,4-8H2,1-3H3,(H,15,16). The van der Waals surface area contributed by atoms with E-state index < -0.39 is 11.4 Å². The van der Waals surface area contributed by atoms with Crippen molar-refractivity contribution >= 4 is 23.6 Å². The number of aliphatic carboxylic acids is 1. The van der Waals surface area contributed by atoms with E-state index in [0.29, 0.717) is 12.3 Å². The Balaban J connectivity index is 2.66. The Morgan fingerprint density at radius 1 is 1.47 bits per heavy atom. The van der Waals surface area contributed by atoms with Crippen molar-refractivity contribution in [2.75, 3.05) is 25.1 Å². The van der Waals surface area contributed by atoms with E-state index in [-0.39, 0.29) is 11.8 Å². The fourth-order valence-electron chi connectivity index (χ4n) is 2.18. The molecule has 1 heterocycles. The number of rotatable bonds is 4. The fourth-order valence-corrected chi connectivity index (χ4v) is 2.61. The van der Waals surface area contributed by atoms with Crippen molar-refractivity contribution in [3.8, 4) is 0 Å². The molecular weight excluding hydrogens is 238 g/mol. The average molecular weight is 259 g/mol. The molecule has 0 aromatic heterocycles. The first-order valence-corrected chi connectivity index (χ1v) is 7.29. The first-order chi connectivity index (χ1) is 7.89. The molecule has 0 saturated carbocycles. The topological polar surface area (TPSA) is 57.6 Å². The van der Waals surface area contributed by atoms with Crippen molar-refractivity contribution in [1.29, 1.82) is 0 Å². The van der Waals surface area contributed by atoms with Gasteiger partial charge in [0.05, 0.1) is 11.2 Å². The zero-order valence-corrected chi connectivity index (χ0v) is 11.5. The summed E-state index contributed by atoms with van der Waals surface area (Å²) in [5, 5.41) is 9.21. The summed E-state index contributed by atoms with van der Waals surface area (Å²) < 4.78 is 0. The molecule has 0 aromatic rings. The van der Waals surface area contributed by atoms with Crippen LogP contribution in [0.2, 0.25) is 0 Å². The molecule has 1 N–H and O–H groups in total. The number of carboxylic acids is 1. The monoisotopic (exact) mass is 259 g/mol. The summed E-state index contributed by atoms with van der Waals surface area (Å²) in [6.45, 7) is 4.86. The van der Waals surface area contributed by atoms with Crippen molar-refractivity contribution < 1.29 is 14.7 Å². The maximum Gasteiger partial charge on any atom is 0.309 e. The second-order valence-electron chi connectivity index (χ2n) is 5.14. The molecule has 1 saturated heterocycles. The molecule has 17 heavy (non-hydrogen) atoms. The highest BCUT2D eigenvalue weighted by molar-refractivity contribution is 7.99. The van der Waals surface area contributed by atoms with Gasteiger partial charge in [-0.2, -0.15) is 11.8 Å². The molecule has 0 bridgehead atoms. The lowest BCUT2D eigenvalue weighted by Gasteiger charge is -2.39. The quantitative estimate of drug-likeness (QED) is 0.835. The van der Waals surface area contributed by atoms with Gasteiger partial charge < -0.3 is 10.0 Å². The smallest absolute Gasteiger partial charge is 0.309 e. The third-order valence-corrected chi connectivity index (χ3v) is 4.15. The maximum atomic E-state index is 11.8. The van der Waals surface area contributed by atoms with Crippen LogP contribution < -0.4 is 0 Å². The van der Waals surface area contributed by atoms with Gasteiger partial charge in [0.2, 0.25) is 5.91 Å². The van der Waals surface area contributed by atoms with Gasteiger partial charge in [-0.1, -0.05) is 0 Å². The third-order valence-electron chi connectivity index (χ3n) is 3.61. The lowest BCUT2D eigenvalue weighted by atomic mass is 9.74. The van der Waals surface area contributed by atoms with Gasteiger partial charge in [0.1, 0.15) is 0 Å². The molecule has 0 aliphatic carbocycles. The van der Waals surface area contributed by atoms with Crippen LogP contribution in [0.3, 0.4) is 0 Å². The molecule has 1 unspecified atom stereocenters. The lowest BCUT2D eigenvalue weighted by Crippen LogP contribution is -2.47. The van der Waals surface area contributed by atoms with Gasteiger partial charge in [-0.15, -0.1) is 0 Å². The van der Waals surface area contributed by atoms with E-state index in [1.807, 2.05) is 11.2 Å². The van der Waals surface area contributed by atoms with E-state index in [9.17, 15) is 14.7 Å². The molecule has 1 atom stereocenters. The molecule has 0 aromatic carbocycles. The van der Waals surface area contributed by atoms with Gasteiger partial charge in [-0.05, 0) is 38.9 Å². The normalized spacial score (nSPS) is 21.4. The number of carbonyl (C=O) groups excluding carboxylic acids is 1. The summed E-state index contributed by atoms with van der Waals surface area (Å²) in [5.74, 6) is -0.107. The molecule has 98 valence electrons. The van der Waals surface area contributed by atoms with Crippen LogP contribution in [0.4, 0.5) is 0 Å². The third kappa shape index (κ3) is 3.37. The fraction of sp³-hybridized carbons (Fsp3) is 0.833. The molecule has 1 amide bonds. The summed E-state index contributed by atoms with van der Waals surface area (Å²) in [6.07, 6.45) is 3.70. The number of carboxylic acid groups (broad SMARTS) is 1. The number of carbonyl (C=O) groups is 2. The zero-order chi connectivity index (χ0) is 13.1. The van der Waals surface area contributed by atoms with E-state index in [2.05, 4.69) is 0 Å². The number of nitrogens with zero attached hydrogens (tertiary/aromatic N) is 1. The van der Waals surface area contributed by atoms with E-state index >= 15 is 0 Å². The molecule has 1 rings (SSSR count). The molecular formula is C12H21NO3S. The molecule has 1 aliphatic rings. The van der Waals surface area contributed by atoms with Gasteiger partial charge in [-0.25, -0.2) is 0 Å². The minimum atomic E-state index is -0.776. The Morgan fingerprint density at radius 2 is 2.12 bits per heavy atom. The first-order valence-electron chi connectivity index (χ1n) is 5.89. The van der Waals surface area contributed by atoms with E-state index in [4.69, 9.17) is 0 Å². The number of amides is 1. The lowest BCUT2D eigenvalue weighted by molar-refractivity contribution is -0.152. The summed E-state index contributed by atoms with van der Waals surface area (Å²) in [7, 11) is 0. The molecule has 5 heteroatoms. The van der Waals surface area contributed by atoms with E-state index in [1.165, 1.54) is 11.8 Å². The number of piperidine rings is 1. The first kappa shape index (κ1) is 14.4. The zero-order valence-electron chi connectivity index (χ0n) is 10.7. The van der Waals surface area contributed by atoms with Crippen molar-refractivity contribution in [3.05, 3.63) is 0 Å². The highest BCUT2D eigenvalue weighted by Crippen LogP contribution is 2.34. The van der Waals surface area contributed by atoms with Crippen molar-refractivity contribution in [2.45, 2.75) is 26.7 Å². The highest BCUT2D eigenvalue weighted by atomic mass is 32.2. The largest absolute Gasteiger partial charge is 0.481 e. The predicted molar refractivity (Wildman–Crippen MR) is 69.1 cm³/mol. The summed E-state index contributed by atoms with van der Waals surface area (Å²) in [4.78, 5) is 24.8. The van der Waals surface area contributed by atoms with Crippen LogP contribution in [0.1, 0.15) is 26.7 Å². The van der Waals surface area contributed by atoms with Crippen LogP contribution in [0.15, 0.2) is 0 Å².